The number of nitrogens with one attached hydrogen (secondary N) is 1. The van der Waals surface area contributed by atoms with Gasteiger partial charge in [0.25, 0.3) is 0 Å². The molecule has 0 radical (unpaired) electrons. The zero-order valence-electron chi connectivity index (χ0n) is 13.7. The van der Waals surface area contributed by atoms with Gasteiger partial charge in [-0.25, -0.2) is 0 Å². The molecule has 0 aromatic heterocycles. The summed E-state index contributed by atoms with van der Waals surface area (Å²) in [5, 5.41) is 11.8. The highest BCUT2D eigenvalue weighted by Crippen LogP contribution is 2.27. The second-order valence-corrected chi connectivity index (χ2v) is 5.72. The first kappa shape index (κ1) is 17.8. The maximum atomic E-state index is 11.8. The topological polar surface area (TPSA) is 71.3 Å². The van der Waals surface area contributed by atoms with Crippen LogP contribution in [0.3, 0.4) is 0 Å². The molecule has 5 heteroatoms. The number of carbonyl (C=O) groups is 1. The molecule has 0 saturated heterocycles. The van der Waals surface area contributed by atoms with E-state index in [1.165, 1.54) is 7.11 Å². The van der Waals surface area contributed by atoms with E-state index in [-0.39, 0.29) is 11.4 Å². The van der Waals surface area contributed by atoms with Crippen LogP contribution in [0.5, 0.6) is 11.5 Å². The third kappa shape index (κ3) is 5.65. The highest BCUT2D eigenvalue weighted by molar-refractivity contribution is 5.76. The van der Waals surface area contributed by atoms with Crippen molar-refractivity contribution in [1.82, 2.24) is 5.32 Å². The van der Waals surface area contributed by atoms with Crippen LogP contribution >= 0.6 is 0 Å². The van der Waals surface area contributed by atoms with E-state index in [1.807, 2.05) is 26.8 Å². The fourth-order valence-electron chi connectivity index (χ4n) is 1.80. The first-order chi connectivity index (χ1) is 10.4. The highest BCUT2D eigenvalue weighted by atomic mass is 16.5. The van der Waals surface area contributed by atoms with Gasteiger partial charge in [-0.05, 0) is 38.8 Å². The standard InChI is InChI=1S/C17H24N2O3/c1-5-17(2,3)19-16(20)7-6-10-22-14-9-8-13(12-18)11-15(14)21-4/h8-9,11H,5-7,10H2,1-4H3,(H,19,20). The second-order valence-electron chi connectivity index (χ2n) is 5.72. The summed E-state index contributed by atoms with van der Waals surface area (Å²) in [5.41, 5.74) is 0.347. The molecule has 0 aliphatic carbocycles. The number of amides is 1. The van der Waals surface area contributed by atoms with Gasteiger partial charge >= 0.3 is 0 Å². The summed E-state index contributed by atoms with van der Waals surface area (Å²) in [7, 11) is 1.53. The molecule has 0 bridgehead atoms. The van der Waals surface area contributed by atoms with Crippen LogP contribution in [0.1, 0.15) is 45.6 Å². The fraction of sp³-hybridized carbons (Fsp3) is 0.529. The van der Waals surface area contributed by atoms with Crippen molar-refractivity contribution >= 4 is 5.91 Å². The molecular formula is C17H24N2O3. The minimum absolute atomic E-state index is 0.0299. The normalized spacial score (nSPS) is 10.7. The lowest BCUT2D eigenvalue weighted by molar-refractivity contribution is -0.122. The van der Waals surface area contributed by atoms with Crippen LogP contribution in [-0.2, 0) is 4.79 Å². The first-order valence-corrected chi connectivity index (χ1v) is 7.44. The van der Waals surface area contributed by atoms with Crippen molar-refractivity contribution in [1.29, 1.82) is 5.26 Å². The predicted octanol–water partition coefficient (Wildman–Crippen LogP) is 3.03. The summed E-state index contributed by atoms with van der Waals surface area (Å²) in [6.45, 7) is 6.47. The quantitative estimate of drug-likeness (QED) is 0.749. The summed E-state index contributed by atoms with van der Waals surface area (Å²) < 4.78 is 10.8. The van der Waals surface area contributed by atoms with Crippen LogP contribution in [0, 0.1) is 11.3 Å². The van der Waals surface area contributed by atoms with Crippen LogP contribution in [-0.4, -0.2) is 25.2 Å². The largest absolute Gasteiger partial charge is 0.493 e. The van der Waals surface area contributed by atoms with Crippen LogP contribution in [0.15, 0.2) is 18.2 Å². The van der Waals surface area contributed by atoms with Crippen molar-refractivity contribution in [3.8, 4) is 17.6 Å². The van der Waals surface area contributed by atoms with Gasteiger partial charge in [0.1, 0.15) is 0 Å². The Morgan fingerprint density at radius 3 is 2.68 bits per heavy atom. The molecule has 0 unspecified atom stereocenters. The number of hydrogen-bond donors (Lipinski definition) is 1. The number of nitriles is 1. The van der Waals surface area contributed by atoms with Gasteiger partial charge in [-0.1, -0.05) is 6.92 Å². The van der Waals surface area contributed by atoms with Crippen molar-refractivity contribution in [2.24, 2.45) is 0 Å². The number of hydrogen-bond acceptors (Lipinski definition) is 4. The van der Waals surface area contributed by atoms with E-state index in [9.17, 15) is 4.79 Å². The number of benzene rings is 1. The first-order valence-electron chi connectivity index (χ1n) is 7.44. The van der Waals surface area contributed by atoms with Gasteiger partial charge in [-0.3, -0.25) is 4.79 Å². The van der Waals surface area contributed by atoms with Crippen LogP contribution in [0.25, 0.3) is 0 Å². The summed E-state index contributed by atoms with van der Waals surface area (Å²) in [5.74, 6) is 1.13. The summed E-state index contributed by atoms with van der Waals surface area (Å²) >= 11 is 0. The zero-order valence-corrected chi connectivity index (χ0v) is 13.7. The highest BCUT2D eigenvalue weighted by Gasteiger charge is 2.17. The van der Waals surface area contributed by atoms with Crippen LogP contribution < -0.4 is 14.8 Å². The van der Waals surface area contributed by atoms with Gasteiger partial charge in [-0.2, -0.15) is 5.26 Å². The van der Waals surface area contributed by atoms with Crippen LogP contribution in [0.4, 0.5) is 0 Å². The Hall–Kier alpha value is -2.22. The SMILES string of the molecule is CCC(C)(C)NC(=O)CCCOc1ccc(C#N)cc1OC. The van der Waals surface area contributed by atoms with Gasteiger partial charge in [0.05, 0.1) is 25.3 Å². The van der Waals surface area contributed by atoms with E-state index in [1.54, 1.807) is 18.2 Å². The molecule has 5 nitrogen and oxygen atoms in total. The summed E-state index contributed by atoms with van der Waals surface area (Å²) in [4.78, 5) is 11.8. The summed E-state index contributed by atoms with van der Waals surface area (Å²) in [6, 6.07) is 7.06. The van der Waals surface area contributed by atoms with Crippen molar-refractivity contribution < 1.29 is 14.3 Å². The number of carbonyl (C=O) groups excluding carboxylic acids is 1. The lowest BCUT2D eigenvalue weighted by Crippen LogP contribution is -2.42. The monoisotopic (exact) mass is 304 g/mol. The van der Waals surface area contributed by atoms with Crippen LogP contribution in [0.2, 0.25) is 0 Å². The van der Waals surface area contributed by atoms with E-state index in [0.717, 1.165) is 6.42 Å². The van der Waals surface area contributed by atoms with E-state index in [4.69, 9.17) is 14.7 Å². The van der Waals surface area contributed by atoms with Crippen molar-refractivity contribution in [2.75, 3.05) is 13.7 Å². The van der Waals surface area contributed by atoms with E-state index in [0.29, 0.717) is 36.5 Å². The lowest BCUT2D eigenvalue weighted by Gasteiger charge is -2.24. The molecule has 0 spiro atoms. The minimum atomic E-state index is -0.172. The maximum Gasteiger partial charge on any atom is 0.220 e. The van der Waals surface area contributed by atoms with E-state index >= 15 is 0 Å². The van der Waals surface area contributed by atoms with Gasteiger partial charge < -0.3 is 14.8 Å². The Balaban J connectivity index is 2.42. The molecule has 1 aromatic rings. The molecule has 0 aliphatic heterocycles. The fourth-order valence-corrected chi connectivity index (χ4v) is 1.80. The molecule has 0 saturated carbocycles. The molecule has 0 fully saturated rings. The lowest BCUT2D eigenvalue weighted by atomic mass is 10.0. The van der Waals surface area contributed by atoms with E-state index < -0.39 is 0 Å². The Morgan fingerprint density at radius 2 is 2.09 bits per heavy atom. The average Bonchev–Trinajstić information content (AvgIpc) is 2.51. The summed E-state index contributed by atoms with van der Waals surface area (Å²) in [6.07, 6.45) is 1.93. The Kier molecular flexibility index (Phi) is 6.71. The molecule has 0 heterocycles. The van der Waals surface area contributed by atoms with Gasteiger partial charge in [0.15, 0.2) is 11.5 Å². The Labute approximate surface area is 132 Å². The van der Waals surface area contributed by atoms with Crippen molar-refractivity contribution in [2.45, 2.75) is 45.6 Å². The van der Waals surface area contributed by atoms with Gasteiger partial charge in [0, 0.05) is 18.0 Å². The zero-order chi connectivity index (χ0) is 16.6. The number of ether oxygens (including phenoxy) is 2. The molecular weight excluding hydrogens is 280 g/mol. The number of nitrogens with zero attached hydrogens (tertiary/aromatic N) is 1. The molecule has 1 aromatic carbocycles. The molecule has 22 heavy (non-hydrogen) atoms. The third-order valence-electron chi connectivity index (χ3n) is 3.46. The van der Waals surface area contributed by atoms with Crippen molar-refractivity contribution in [3.63, 3.8) is 0 Å². The number of methoxy groups -OCH3 is 1. The molecule has 0 atom stereocenters. The third-order valence-corrected chi connectivity index (χ3v) is 3.46. The molecule has 1 amide bonds. The van der Waals surface area contributed by atoms with Gasteiger partial charge in [-0.15, -0.1) is 0 Å². The molecule has 1 rings (SSSR count). The van der Waals surface area contributed by atoms with E-state index in [2.05, 4.69) is 5.32 Å². The number of rotatable bonds is 8. The maximum absolute atomic E-state index is 11.8. The van der Waals surface area contributed by atoms with Crippen molar-refractivity contribution in [3.05, 3.63) is 23.8 Å². The molecule has 0 aliphatic rings. The molecule has 1 N–H and O–H groups in total. The average molecular weight is 304 g/mol. The minimum Gasteiger partial charge on any atom is -0.493 e. The smallest absolute Gasteiger partial charge is 0.220 e. The Morgan fingerprint density at radius 1 is 1.36 bits per heavy atom. The molecule has 120 valence electrons. The Bertz CT molecular complexity index is 547. The van der Waals surface area contributed by atoms with Gasteiger partial charge in [0.2, 0.25) is 5.91 Å². The second kappa shape index (κ2) is 8.28. The predicted molar refractivity (Wildman–Crippen MR) is 85.0 cm³/mol.